The first kappa shape index (κ1) is 13.7. The van der Waals surface area contributed by atoms with Gasteiger partial charge in [-0.3, -0.25) is 4.99 Å². The molecule has 94 valence electrons. The highest BCUT2D eigenvalue weighted by atomic mass is 32.2. The zero-order valence-corrected chi connectivity index (χ0v) is 12.0. The van der Waals surface area contributed by atoms with E-state index in [1.54, 1.807) is 0 Å². The van der Waals surface area contributed by atoms with E-state index in [4.69, 9.17) is 0 Å². The summed E-state index contributed by atoms with van der Waals surface area (Å²) < 4.78 is 0.341. The summed E-state index contributed by atoms with van der Waals surface area (Å²) in [6.07, 6.45) is 0. The topological polar surface area (TPSA) is 27.6 Å². The van der Waals surface area contributed by atoms with Crippen LogP contribution in [0.3, 0.4) is 0 Å². The molecule has 3 nitrogen and oxygen atoms in total. The Labute approximate surface area is 104 Å². The number of rotatable bonds is 2. The quantitative estimate of drug-likeness (QED) is 0.594. The summed E-state index contributed by atoms with van der Waals surface area (Å²) in [5, 5.41) is 3.44. The van der Waals surface area contributed by atoms with Crippen molar-refractivity contribution in [3.8, 4) is 0 Å². The smallest absolute Gasteiger partial charge is 0.193 e. The van der Waals surface area contributed by atoms with Crippen LogP contribution in [0.25, 0.3) is 0 Å². The van der Waals surface area contributed by atoms with Crippen LogP contribution in [0.1, 0.15) is 27.7 Å². The SMILES string of the molecule is CN=C(NCC(C)C)N1CCSC(C)(C)C1. The third-order valence-corrected chi connectivity index (χ3v) is 3.90. The summed E-state index contributed by atoms with van der Waals surface area (Å²) in [6.45, 7) is 12.2. The lowest BCUT2D eigenvalue weighted by atomic mass is 10.2. The predicted octanol–water partition coefficient (Wildman–Crippen LogP) is 2.05. The summed E-state index contributed by atoms with van der Waals surface area (Å²) in [5.41, 5.74) is 0. The monoisotopic (exact) mass is 243 g/mol. The van der Waals surface area contributed by atoms with Gasteiger partial charge in [-0.05, 0) is 19.8 Å². The van der Waals surface area contributed by atoms with Crippen LogP contribution in [0, 0.1) is 5.92 Å². The van der Waals surface area contributed by atoms with Gasteiger partial charge in [0.1, 0.15) is 0 Å². The van der Waals surface area contributed by atoms with Gasteiger partial charge in [0.15, 0.2) is 5.96 Å². The van der Waals surface area contributed by atoms with E-state index in [0.717, 1.165) is 25.6 Å². The van der Waals surface area contributed by atoms with E-state index in [2.05, 4.69) is 54.7 Å². The molecule has 0 aromatic carbocycles. The van der Waals surface area contributed by atoms with Gasteiger partial charge in [-0.15, -0.1) is 0 Å². The van der Waals surface area contributed by atoms with Crippen molar-refractivity contribution < 1.29 is 0 Å². The van der Waals surface area contributed by atoms with Gasteiger partial charge in [0, 0.05) is 37.2 Å². The molecule has 0 saturated carbocycles. The van der Waals surface area contributed by atoms with Crippen LogP contribution in [-0.2, 0) is 0 Å². The lowest BCUT2D eigenvalue weighted by molar-refractivity contribution is 0.373. The van der Waals surface area contributed by atoms with Crippen molar-refractivity contribution in [1.82, 2.24) is 10.2 Å². The third-order valence-electron chi connectivity index (χ3n) is 2.61. The van der Waals surface area contributed by atoms with Crippen LogP contribution < -0.4 is 5.32 Å². The molecule has 0 atom stereocenters. The Morgan fingerprint density at radius 3 is 2.69 bits per heavy atom. The number of hydrogen-bond donors (Lipinski definition) is 1. The van der Waals surface area contributed by atoms with Crippen LogP contribution in [0.2, 0.25) is 0 Å². The summed E-state index contributed by atoms with van der Waals surface area (Å²) in [5.74, 6) is 2.90. The fourth-order valence-corrected chi connectivity index (χ4v) is 2.94. The van der Waals surface area contributed by atoms with Gasteiger partial charge in [-0.25, -0.2) is 0 Å². The molecule has 4 heteroatoms. The first-order valence-corrected chi connectivity index (χ1v) is 7.03. The molecule has 1 fully saturated rings. The van der Waals surface area contributed by atoms with Gasteiger partial charge in [0.05, 0.1) is 0 Å². The minimum Gasteiger partial charge on any atom is -0.356 e. The molecule has 0 aliphatic carbocycles. The average Bonchev–Trinajstić information content (AvgIpc) is 2.16. The zero-order valence-electron chi connectivity index (χ0n) is 11.2. The van der Waals surface area contributed by atoms with E-state index < -0.39 is 0 Å². The normalized spacial score (nSPS) is 21.4. The van der Waals surface area contributed by atoms with Gasteiger partial charge in [0.2, 0.25) is 0 Å². The van der Waals surface area contributed by atoms with Crippen molar-refractivity contribution in [3.63, 3.8) is 0 Å². The van der Waals surface area contributed by atoms with Crippen molar-refractivity contribution in [1.29, 1.82) is 0 Å². The van der Waals surface area contributed by atoms with Crippen molar-refractivity contribution >= 4 is 17.7 Å². The number of thioether (sulfide) groups is 1. The molecule has 1 aliphatic rings. The molecule has 16 heavy (non-hydrogen) atoms. The molecule has 0 radical (unpaired) electrons. The molecular formula is C12H25N3S. The lowest BCUT2D eigenvalue weighted by Gasteiger charge is -2.39. The van der Waals surface area contributed by atoms with Crippen LogP contribution in [0.15, 0.2) is 4.99 Å². The Hall–Kier alpha value is -0.380. The van der Waals surface area contributed by atoms with E-state index >= 15 is 0 Å². The van der Waals surface area contributed by atoms with Crippen molar-refractivity contribution in [2.75, 3.05) is 32.4 Å². The van der Waals surface area contributed by atoms with Gasteiger partial charge < -0.3 is 10.2 Å². The number of aliphatic imine (C=N–C) groups is 1. The second-order valence-electron chi connectivity index (χ2n) is 5.35. The standard InChI is InChI=1S/C12H25N3S/c1-10(2)8-14-11(13-5)15-6-7-16-12(3,4)9-15/h10H,6-9H2,1-5H3,(H,13,14). The van der Waals surface area contributed by atoms with Gasteiger partial charge in [-0.2, -0.15) is 11.8 Å². The van der Waals surface area contributed by atoms with Crippen molar-refractivity contribution in [3.05, 3.63) is 0 Å². The fraction of sp³-hybridized carbons (Fsp3) is 0.917. The second kappa shape index (κ2) is 5.80. The summed E-state index contributed by atoms with van der Waals surface area (Å²) in [4.78, 5) is 6.75. The van der Waals surface area contributed by atoms with Gasteiger partial charge in [-0.1, -0.05) is 13.8 Å². The average molecular weight is 243 g/mol. The lowest BCUT2D eigenvalue weighted by Crippen LogP contribution is -2.51. The Morgan fingerprint density at radius 2 is 2.19 bits per heavy atom. The highest BCUT2D eigenvalue weighted by Crippen LogP contribution is 2.29. The van der Waals surface area contributed by atoms with E-state index in [9.17, 15) is 0 Å². The van der Waals surface area contributed by atoms with Crippen LogP contribution in [-0.4, -0.2) is 48.0 Å². The first-order valence-electron chi connectivity index (χ1n) is 6.04. The van der Waals surface area contributed by atoms with Gasteiger partial charge >= 0.3 is 0 Å². The molecule has 1 N–H and O–H groups in total. The van der Waals surface area contributed by atoms with E-state index in [0.29, 0.717) is 10.7 Å². The Morgan fingerprint density at radius 1 is 1.50 bits per heavy atom. The third kappa shape index (κ3) is 4.24. The fourth-order valence-electron chi connectivity index (χ4n) is 1.82. The summed E-state index contributed by atoms with van der Waals surface area (Å²) in [6, 6.07) is 0. The molecule has 1 heterocycles. The minimum atomic E-state index is 0.341. The van der Waals surface area contributed by atoms with E-state index in [-0.39, 0.29) is 0 Å². The van der Waals surface area contributed by atoms with E-state index in [1.807, 2.05) is 7.05 Å². The van der Waals surface area contributed by atoms with E-state index in [1.165, 1.54) is 5.75 Å². The highest BCUT2D eigenvalue weighted by Gasteiger charge is 2.28. The molecule has 0 spiro atoms. The maximum atomic E-state index is 4.37. The Balaban J connectivity index is 2.53. The molecule has 1 saturated heterocycles. The molecule has 0 aromatic rings. The van der Waals surface area contributed by atoms with Crippen LogP contribution >= 0.6 is 11.8 Å². The summed E-state index contributed by atoms with van der Waals surface area (Å²) in [7, 11) is 1.87. The zero-order chi connectivity index (χ0) is 12.2. The largest absolute Gasteiger partial charge is 0.356 e. The maximum absolute atomic E-state index is 4.37. The number of nitrogens with one attached hydrogen (secondary N) is 1. The van der Waals surface area contributed by atoms with Gasteiger partial charge in [0.25, 0.3) is 0 Å². The Kier molecular flexibility index (Phi) is 4.96. The number of hydrogen-bond acceptors (Lipinski definition) is 2. The van der Waals surface area contributed by atoms with Crippen molar-refractivity contribution in [2.24, 2.45) is 10.9 Å². The number of nitrogens with zero attached hydrogens (tertiary/aromatic N) is 2. The molecule has 1 rings (SSSR count). The molecule has 0 unspecified atom stereocenters. The minimum absolute atomic E-state index is 0.341. The summed E-state index contributed by atoms with van der Waals surface area (Å²) >= 11 is 2.05. The van der Waals surface area contributed by atoms with Crippen LogP contribution in [0.4, 0.5) is 0 Å². The molecule has 0 aromatic heterocycles. The van der Waals surface area contributed by atoms with Crippen molar-refractivity contribution in [2.45, 2.75) is 32.4 Å². The first-order chi connectivity index (χ1) is 7.44. The predicted molar refractivity (Wildman–Crippen MR) is 74.3 cm³/mol. The molecular weight excluding hydrogens is 218 g/mol. The van der Waals surface area contributed by atoms with Crippen LogP contribution in [0.5, 0.6) is 0 Å². The molecule has 0 bridgehead atoms. The highest BCUT2D eigenvalue weighted by molar-refractivity contribution is 8.00. The molecule has 0 amide bonds. The second-order valence-corrected chi connectivity index (χ2v) is 7.15. The molecule has 1 aliphatic heterocycles. The Bertz CT molecular complexity index is 249. The number of guanidine groups is 1. The maximum Gasteiger partial charge on any atom is 0.193 e.